The zero-order valence-corrected chi connectivity index (χ0v) is 14.5. The molecular weight excluding hydrogens is 319 g/mol. The van der Waals surface area contributed by atoms with E-state index in [2.05, 4.69) is 24.1 Å². The van der Waals surface area contributed by atoms with Crippen molar-refractivity contribution >= 4 is 17.3 Å². The summed E-state index contributed by atoms with van der Waals surface area (Å²) in [6.07, 6.45) is 0.222. The minimum atomic E-state index is -0.300. The molecule has 1 aliphatic heterocycles. The summed E-state index contributed by atoms with van der Waals surface area (Å²) in [5, 5.41) is 2.88. The molecule has 2 unspecified atom stereocenters. The molecule has 1 saturated heterocycles. The second-order valence-corrected chi connectivity index (χ2v) is 6.54. The van der Waals surface area contributed by atoms with E-state index in [4.69, 9.17) is 4.74 Å². The lowest BCUT2D eigenvalue weighted by Crippen LogP contribution is -2.49. The number of ether oxygens (including phenoxy) is 1. The van der Waals surface area contributed by atoms with Gasteiger partial charge in [-0.15, -0.1) is 0 Å². The second kappa shape index (κ2) is 7.66. The summed E-state index contributed by atoms with van der Waals surface area (Å²) < 4.78 is 18.5. The van der Waals surface area contributed by atoms with Crippen molar-refractivity contribution in [2.75, 3.05) is 23.4 Å². The maximum absolute atomic E-state index is 12.9. The molecule has 1 amide bonds. The number of nitrogens with zero attached hydrogens (tertiary/aromatic N) is 1. The van der Waals surface area contributed by atoms with Crippen LogP contribution in [-0.2, 0) is 16.0 Å². The third-order valence-electron chi connectivity index (χ3n) is 4.39. The van der Waals surface area contributed by atoms with Crippen LogP contribution in [0.1, 0.15) is 19.4 Å². The van der Waals surface area contributed by atoms with Crippen LogP contribution in [-0.4, -0.2) is 31.2 Å². The van der Waals surface area contributed by atoms with Crippen LogP contribution in [0.2, 0.25) is 0 Å². The molecule has 3 rings (SSSR count). The van der Waals surface area contributed by atoms with E-state index in [1.54, 1.807) is 12.1 Å². The first kappa shape index (κ1) is 17.4. The molecule has 1 fully saturated rings. The highest BCUT2D eigenvalue weighted by Gasteiger charge is 2.25. The van der Waals surface area contributed by atoms with Crippen LogP contribution >= 0.6 is 0 Å². The SMILES string of the molecule is CC1COCC(C)N1c1ccc(NC(=O)Cc2ccc(F)cc2)cc1. The molecule has 0 aromatic heterocycles. The fraction of sp³-hybridized carbons (Fsp3) is 0.350. The van der Waals surface area contributed by atoms with E-state index in [1.807, 2.05) is 24.3 Å². The number of carbonyl (C=O) groups excluding carboxylic acids is 1. The molecule has 25 heavy (non-hydrogen) atoms. The molecule has 5 heteroatoms. The quantitative estimate of drug-likeness (QED) is 0.923. The predicted molar refractivity (Wildman–Crippen MR) is 97.4 cm³/mol. The van der Waals surface area contributed by atoms with E-state index in [0.29, 0.717) is 12.1 Å². The Balaban J connectivity index is 1.62. The minimum Gasteiger partial charge on any atom is -0.377 e. The molecule has 1 aliphatic rings. The summed E-state index contributed by atoms with van der Waals surface area (Å²) in [6.45, 7) is 5.74. The standard InChI is InChI=1S/C20H23FN2O2/c1-14-12-25-13-15(2)23(14)19-9-7-18(8-10-19)22-20(24)11-16-3-5-17(21)6-4-16/h3-10,14-15H,11-13H2,1-2H3,(H,22,24). The first-order valence-electron chi connectivity index (χ1n) is 8.53. The van der Waals surface area contributed by atoms with Crippen molar-refractivity contribution in [3.05, 3.63) is 59.9 Å². The summed E-state index contributed by atoms with van der Waals surface area (Å²) in [5.41, 5.74) is 2.66. The van der Waals surface area contributed by atoms with Crippen molar-refractivity contribution in [3.63, 3.8) is 0 Å². The van der Waals surface area contributed by atoms with Gasteiger partial charge in [0.2, 0.25) is 5.91 Å². The van der Waals surface area contributed by atoms with E-state index in [1.165, 1.54) is 12.1 Å². The van der Waals surface area contributed by atoms with Gasteiger partial charge in [0.15, 0.2) is 0 Å². The summed E-state index contributed by atoms with van der Waals surface area (Å²) in [6, 6.07) is 14.5. The first-order valence-corrected chi connectivity index (χ1v) is 8.53. The summed E-state index contributed by atoms with van der Waals surface area (Å²) in [4.78, 5) is 14.5. The number of benzene rings is 2. The number of carbonyl (C=O) groups is 1. The van der Waals surface area contributed by atoms with Gasteiger partial charge in [-0.05, 0) is 55.8 Å². The molecule has 2 atom stereocenters. The summed E-state index contributed by atoms with van der Waals surface area (Å²) >= 11 is 0. The van der Waals surface area contributed by atoms with E-state index in [0.717, 1.165) is 30.2 Å². The third kappa shape index (κ3) is 4.37. The largest absolute Gasteiger partial charge is 0.377 e. The normalized spacial score (nSPS) is 20.4. The average Bonchev–Trinajstić information content (AvgIpc) is 2.58. The fourth-order valence-electron chi connectivity index (χ4n) is 3.22. The van der Waals surface area contributed by atoms with Crippen LogP contribution in [0.4, 0.5) is 15.8 Å². The van der Waals surface area contributed by atoms with Crippen LogP contribution < -0.4 is 10.2 Å². The van der Waals surface area contributed by atoms with Crippen molar-refractivity contribution in [2.45, 2.75) is 32.4 Å². The molecule has 1 N–H and O–H groups in total. The molecule has 2 aromatic rings. The van der Waals surface area contributed by atoms with Gasteiger partial charge in [0.05, 0.1) is 19.6 Å². The van der Waals surface area contributed by atoms with Gasteiger partial charge in [0.25, 0.3) is 0 Å². The number of amides is 1. The van der Waals surface area contributed by atoms with Gasteiger partial charge in [0.1, 0.15) is 5.82 Å². The smallest absolute Gasteiger partial charge is 0.228 e. The maximum Gasteiger partial charge on any atom is 0.228 e. The Morgan fingerprint density at radius 1 is 1.08 bits per heavy atom. The second-order valence-electron chi connectivity index (χ2n) is 6.54. The highest BCUT2D eigenvalue weighted by molar-refractivity contribution is 5.92. The van der Waals surface area contributed by atoms with Gasteiger partial charge in [-0.25, -0.2) is 4.39 Å². The van der Waals surface area contributed by atoms with E-state index in [-0.39, 0.29) is 18.1 Å². The molecule has 2 aromatic carbocycles. The van der Waals surface area contributed by atoms with Gasteiger partial charge >= 0.3 is 0 Å². The number of hydrogen-bond donors (Lipinski definition) is 1. The van der Waals surface area contributed by atoms with Crippen LogP contribution in [0.3, 0.4) is 0 Å². The molecule has 0 bridgehead atoms. The maximum atomic E-state index is 12.9. The monoisotopic (exact) mass is 342 g/mol. The van der Waals surface area contributed by atoms with Crippen molar-refractivity contribution < 1.29 is 13.9 Å². The average molecular weight is 342 g/mol. The van der Waals surface area contributed by atoms with E-state index in [9.17, 15) is 9.18 Å². The molecule has 0 spiro atoms. The predicted octanol–water partition coefficient (Wildman–Crippen LogP) is 3.62. The molecule has 132 valence electrons. The number of rotatable bonds is 4. The molecule has 0 aliphatic carbocycles. The van der Waals surface area contributed by atoms with Gasteiger partial charge < -0.3 is 15.0 Å². The van der Waals surface area contributed by atoms with Gasteiger partial charge in [-0.3, -0.25) is 4.79 Å². The van der Waals surface area contributed by atoms with Crippen molar-refractivity contribution in [2.24, 2.45) is 0 Å². The van der Waals surface area contributed by atoms with Crippen molar-refractivity contribution in [1.29, 1.82) is 0 Å². The lowest BCUT2D eigenvalue weighted by atomic mass is 10.1. The number of halogens is 1. The van der Waals surface area contributed by atoms with Gasteiger partial charge in [-0.2, -0.15) is 0 Å². The molecule has 0 saturated carbocycles. The number of morpholine rings is 1. The van der Waals surface area contributed by atoms with Gasteiger partial charge in [-0.1, -0.05) is 12.1 Å². The molecule has 0 radical (unpaired) electrons. The highest BCUT2D eigenvalue weighted by atomic mass is 19.1. The fourth-order valence-corrected chi connectivity index (χ4v) is 3.22. The Morgan fingerprint density at radius 2 is 1.68 bits per heavy atom. The Kier molecular flexibility index (Phi) is 5.34. The van der Waals surface area contributed by atoms with Crippen molar-refractivity contribution in [1.82, 2.24) is 0 Å². The Bertz CT molecular complexity index is 705. The Morgan fingerprint density at radius 3 is 2.28 bits per heavy atom. The zero-order valence-electron chi connectivity index (χ0n) is 14.5. The topological polar surface area (TPSA) is 41.6 Å². The lowest BCUT2D eigenvalue weighted by Gasteiger charge is -2.40. The van der Waals surface area contributed by atoms with E-state index < -0.39 is 0 Å². The molecule has 4 nitrogen and oxygen atoms in total. The summed E-state index contributed by atoms with van der Waals surface area (Å²) in [5.74, 6) is -0.418. The van der Waals surface area contributed by atoms with Crippen LogP contribution in [0.25, 0.3) is 0 Å². The number of nitrogens with one attached hydrogen (secondary N) is 1. The van der Waals surface area contributed by atoms with Crippen LogP contribution in [0.5, 0.6) is 0 Å². The van der Waals surface area contributed by atoms with Crippen LogP contribution in [0, 0.1) is 5.82 Å². The zero-order chi connectivity index (χ0) is 17.8. The third-order valence-corrected chi connectivity index (χ3v) is 4.39. The van der Waals surface area contributed by atoms with E-state index >= 15 is 0 Å². The van der Waals surface area contributed by atoms with Crippen LogP contribution in [0.15, 0.2) is 48.5 Å². The molecular formula is C20H23FN2O2. The van der Waals surface area contributed by atoms with Gasteiger partial charge in [0, 0.05) is 23.5 Å². The highest BCUT2D eigenvalue weighted by Crippen LogP contribution is 2.25. The summed E-state index contributed by atoms with van der Waals surface area (Å²) in [7, 11) is 0. The Labute approximate surface area is 147 Å². The van der Waals surface area contributed by atoms with Crippen molar-refractivity contribution in [3.8, 4) is 0 Å². The molecule has 1 heterocycles. The lowest BCUT2D eigenvalue weighted by molar-refractivity contribution is -0.115. The number of hydrogen-bond acceptors (Lipinski definition) is 3. The first-order chi connectivity index (χ1) is 12.0. The number of anilines is 2. The minimum absolute atomic E-state index is 0.118. The Hall–Kier alpha value is -2.40.